The fourth-order valence-corrected chi connectivity index (χ4v) is 1.86. The lowest BCUT2D eigenvalue weighted by Crippen LogP contribution is -2.37. The van der Waals surface area contributed by atoms with Crippen LogP contribution in [0.15, 0.2) is 9.59 Å². The zero-order valence-corrected chi connectivity index (χ0v) is 10.6. The van der Waals surface area contributed by atoms with E-state index in [1.807, 2.05) is 0 Å². The standard InChI is InChI=1S/C8H8ClN5O5/c1-11-5-4(6(15)12(2)8(11)16)13(7(9)10-5)3-19-14(17)18/h3H2,1-2H3. The monoisotopic (exact) mass is 289 g/mol. The molecule has 10 nitrogen and oxygen atoms in total. The van der Waals surface area contributed by atoms with Crippen molar-refractivity contribution in [2.24, 2.45) is 14.1 Å². The predicted molar refractivity (Wildman–Crippen MR) is 63.3 cm³/mol. The molecule has 0 aliphatic rings. The first kappa shape index (κ1) is 13.1. The highest BCUT2D eigenvalue weighted by atomic mass is 35.5. The highest BCUT2D eigenvalue weighted by Gasteiger charge is 2.18. The summed E-state index contributed by atoms with van der Waals surface area (Å²) in [6, 6.07) is 0. The second-order valence-corrected chi connectivity index (χ2v) is 4.01. The Labute approximate surface area is 109 Å². The Morgan fingerprint density at radius 2 is 2.00 bits per heavy atom. The topological polar surface area (TPSA) is 114 Å². The number of hydrogen-bond acceptors (Lipinski definition) is 6. The van der Waals surface area contributed by atoms with Crippen LogP contribution in [-0.2, 0) is 25.7 Å². The molecule has 2 aromatic rings. The molecular formula is C8H8ClN5O5. The summed E-state index contributed by atoms with van der Waals surface area (Å²) in [6.07, 6.45) is 0. The number of hydrogen-bond donors (Lipinski definition) is 0. The first-order valence-electron chi connectivity index (χ1n) is 4.93. The summed E-state index contributed by atoms with van der Waals surface area (Å²) in [4.78, 5) is 41.8. The minimum atomic E-state index is -1.02. The highest BCUT2D eigenvalue weighted by molar-refractivity contribution is 6.29. The van der Waals surface area contributed by atoms with E-state index in [-0.39, 0.29) is 16.4 Å². The minimum absolute atomic E-state index is 0.0325. The van der Waals surface area contributed by atoms with Crippen LogP contribution >= 0.6 is 11.6 Å². The van der Waals surface area contributed by atoms with Gasteiger partial charge < -0.3 is 0 Å². The smallest absolute Gasteiger partial charge is 0.292 e. The van der Waals surface area contributed by atoms with Crippen LogP contribution in [0.2, 0.25) is 5.28 Å². The summed E-state index contributed by atoms with van der Waals surface area (Å²) in [5, 5.41) is 8.98. The van der Waals surface area contributed by atoms with Crippen molar-refractivity contribution in [3.05, 3.63) is 36.2 Å². The van der Waals surface area contributed by atoms with Crippen molar-refractivity contribution in [3.63, 3.8) is 0 Å². The molecule has 102 valence electrons. The Bertz CT molecular complexity index is 787. The fraction of sp³-hybridized carbons (Fsp3) is 0.375. The number of imidazole rings is 1. The Morgan fingerprint density at radius 1 is 1.37 bits per heavy atom. The number of aryl methyl sites for hydroxylation is 1. The lowest BCUT2D eigenvalue weighted by atomic mass is 10.5. The van der Waals surface area contributed by atoms with E-state index in [0.717, 1.165) is 13.7 Å². The predicted octanol–water partition coefficient (Wildman–Crippen LogP) is -0.747. The van der Waals surface area contributed by atoms with Gasteiger partial charge in [-0.3, -0.25) is 23.3 Å². The molecule has 0 aliphatic heterocycles. The molecule has 0 saturated carbocycles. The maximum atomic E-state index is 12.0. The van der Waals surface area contributed by atoms with Gasteiger partial charge >= 0.3 is 5.69 Å². The lowest BCUT2D eigenvalue weighted by molar-refractivity contribution is -0.766. The third-order valence-corrected chi connectivity index (χ3v) is 2.88. The molecule has 0 atom stereocenters. The molecule has 0 fully saturated rings. The van der Waals surface area contributed by atoms with Crippen molar-refractivity contribution in [3.8, 4) is 0 Å². The van der Waals surface area contributed by atoms with E-state index in [1.165, 1.54) is 14.1 Å². The van der Waals surface area contributed by atoms with Crippen LogP contribution in [0.4, 0.5) is 0 Å². The normalized spacial score (nSPS) is 10.9. The SMILES string of the molecule is Cn1c(=O)c2c(nc(Cl)n2CO[N+](=O)[O-])n(C)c1=O. The molecule has 2 aromatic heterocycles. The average molecular weight is 290 g/mol. The summed E-state index contributed by atoms with van der Waals surface area (Å²) in [6.45, 7) is -0.588. The number of rotatable bonds is 3. The third-order valence-electron chi connectivity index (χ3n) is 2.59. The maximum absolute atomic E-state index is 12.0. The van der Waals surface area contributed by atoms with Crippen LogP contribution in [-0.4, -0.2) is 23.8 Å². The van der Waals surface area contributed by atoms with E-state index in [0.29, 0.717) is 0 Å². The maximum Gasteiger partial charge on any atom is 0.332 e. The summed E-state index contributed by atoms with van der Waals surface area (Å²) in [5.74, 6) is 0. The molecular weight excluding hydrogens is 282 g/mol. The largest absolute Gasteiger partial charge is 0.332 e. The van der Waals surface area contributed by atoms with E-state index in [1.54, 1.807) is 0 Å². The second-order valence-electron chi connectivity index (χ2n) is 3.67. The van der Waals surface area contributed by atoms with Crippen molar-refractivity contribution >= 4 is 22.8 Å². The quantitative estimate of drug-likeness (QED) is 0.417. The van der Waals surface area contributed by atoms with Gasteiger partial charge in [-0.1, -0.05) is 0 Å². The van der Waals surface area contributed by atoms with Crippen molar-refractivity contribution in [2.75, 3.05) is 0 Å². The number of nitrogens with zero attached hydrogens (tertiary/aromatic N) is 5. The van der Waals surface area contributed by atoms with Crippen LogP contribution in [0.25, 0.3) is 11.2 Å². The molecule has 0 bridgehead atoms. The molecule has 0 aromatic carbocycles. The van der Waals surface area contributed by atoms with Gasteiger partial charge in [0, 0.05) is 14.1 Å². The number of fused-ring (bicyclic) bond motifs is 1. The molecule has 2 rings (SSSR count). The van der Waals surface area contributed by atoms with Crippen molar-refractivity contribution in [1.82, 2.24) is 18.7 Å². The molecule has 0 radical (unpaired) electrons. The molecule has 0 amide bonds. The van der Waals surface area contributed by atoms with Gasteiger partial charge in [0.2, 0.25) is 5.28 Å². The van der Waals surface area contributed by atoms with Gasteiger partial charge in [-0.15, -0.1) is 10.1 Å². The van der Waals surface area contributed by atoms with Crippen molar-refractivity contribution in [1.29, 1.82) is 0 Å². The molecule has 0 N–H and O–H groups in total. The van der Waals surface area contributed by atoms with E-state index in [9.17, 15) is 19.7 Å². The van der Waals surface area contributed by atoms with Crippen molar-refractivity contribution < 1.29 is 9.92 Å². The van der Waals surface area contributed by atoms with E-state index >= 15 is 0 Å². The molecule has 0 aliphatic carbocycles. The van der Waals surface area contributed by atoms with Crippen LogP contribution in [0.3, 0.4) is 0 Å². The van der Waals surface area contributed by atoms with Crippen LogP contribution in [0.1, 0.15) is 0 Å². The van der Waals surface area contributed by atoms with E-state index in [4.69, 9.17) is 11.6 Å². The Hall–Kier alpha value is -2.36. The van der Waals surface area contributed by atoms with Crippen molar-refractivity contribution in [2.45, 2.75) is 6.73 Å². The van der Waals surface area contributed by atoms with Gasteiger partial charge in [0.25, 0.3) is 10.6 Å². The first-order chi connectivity index (χ1) is 8.84. The number of aromatic nitrogens is 4. The highest BCUT2D eigenvalue weighted by Crippen LogP contribution is 2.15. The molecule has 0 spiro atoms. The van der Waals surface area contributed by atoms with Gasteiger partial charge in [0.15, 0.2) is 17.9 Å². The summed E-state index contributed by atoms with van der Waals surface area (Å²) < 4.78 is 2.98. The summed E-state index contributed by atoms with van der Waals surface area (Å²) in [7, 11) is 2.69. The van der Waals surface area contributed by atoms with E-state index in [2.05, 4.69) is 9.82 Å². The Kier molecular flexibility index (Phi) is 3.02. The molecule has 19 heavy (non-hydrogen) atoms. The van der Waals surface area contributed by atoms with Crippen LogP contribution in [0, 0.1) is 10.1 Å². The van der Waals surface area contributed by atoms with Crippen LogP contribution < -0.4 is 11.2 Å². The van der Waals surface area contributed by atoms with Gasteiger partial charge in [0.05, 0.1) is 0 Å². The zero-order chi connectivity index (χ0) is 14.3. The first-order valence-corrected chi connectivity index (χ1v) is 5.31. The van der Waals surface area contributed by atoms with Crippen LogP contribution in [0.5, 0.6) is 0 Å². The zero-order valence-electron chi connectivity index (χ0n) is 9.86. The Morgan fingerprint density at radius 3 is 2.58 bits per heavy atom. The second kappa shape index (κ2) is 4.39. The molecule has 2 heterocycles. The van der Waals surface area contributed by atoms with Gasteiger partial charge in [0.1, 0.15) is 0 Å². The minimum Gasteiger partial charge on any atom is -0.292 e. The summed E-state index contributed by atoms with van der Waals surface area (Å²) in [5.41, 5.74) is -1.25. The lowest BCUT2D eigenvalue weighted by Gasteiger charge is -2.05. The number of halogens is 1. The van der Waals surface area contributed by atoms with E-state index < -0.39 is 23.1 Å². The third kappa shape index (κ3) is 1.95. The van der Waals surface area contributed by atoms with Gasteiger partial charge in [-0.2, -0.15) is 4.98 Å². The molecule has 11 heteroatoms. The summed E-state index contributed by atoms with van der Waals surface area (Å²) >= 11 is 5.79. The molecule has 0 unspecified atom stereocenters. The van der Waals surface area contributed by atoms with Gasteiger partial charge in [-0.05, 0) is 11.6 Å². The average Bonchev–Trinajstić information content (AvgIpc) is 2.68. The van der Waals surface area contributed by atoms with Gasteiger partial charge in [-0.25, -0.2) is 4.79 Å². The molecule has 0 saturated heterocycles. The fourth-order valence-electron chi connectivity index (χ4n) is 1.64. The Balaban J connectivity index is 2.80.